The summed E-state index contributed by atoms with van der Waals surface area (Å²) in [5.41, 5.74) is 0. The fourth-order valence-corrected chi connectivity index (χ4v) is 0. The van der Waals surface area contributed by atoms with Crippen molar-refractivity contribution in [2.45, 2.75) is 6.92 Å². The molecule has 0 spiro atoms. The molecule has 0 fully saturated rings. The van der Waals surface area contributed by atoms with Crippen LogP contribution in [0.25, 0.3) is 0 Å². The van der Waals surface area contributed by atoms with Crippen LogP contribution in [0.4, 0.5) is 0 Å². The molecule has 0 N–H and O–H groups in total. The predicted octanol–water partition coefficient (Wildman–Crippen LogP) is -2.00. The Morgan fingerprint density at radius 2 is 1.75 bits per heavy atom. The van der Waals surface area contributed by atoms with E-state index in [1.165, 1.54) is 0 Å². The molecule has 0 rings (SSSR count). The average molecular weight is 127 g/mol. The summed E-state index contributed by atoms with van der Waals surface area (Å²) in [7, 11) is 0. The van der Waals surface area contributed by atoms with Crippen molar-refractivity contribution in [2.75, 3.05) is 0 Å². The first-order chi connectivity index (χ1) is 1.41. The first-order valence-corrected chi connectivity index (χ1v) is 0.854. The Labute approximate surface area is 76.1 Å². The van der Waals surface area contributed by atoms with Crippen molar-refractivity contribution < 1.29 is 58.2 Å². The molecule has 0 saturated carbocycles. The third-order valence-corrected chi connectivity index (χ3v) is 0. The second kappa shape index (κ2) is 8.82. The maximum Gasteiger partial charge on any atom is 1.00 e. The first kappa shape index (κ1) is 9.11. The van der Waals surface area contributed by atoms with E-state index in [-0.39, 0.29) is 58.2 Å². The topological polar surface area (TPSA) is 0 Å². The fourth-order valence-electron chi connectivity index (χ4n) is 0. The van der Waals surface area contributed by atoms with E-state index in [1.807, 2.05) is 0 Å². The van der Waals surface area contributed by atoms with Crippen molar-refractivity contribution in [2.24, 2.45) is 0 Å². The van der Waals surface area contributed by atoms with Gasteiger partial charge in [0.05, 0.1) is 0 Å². The van der Waals surface area contributed by atoms with Gasteiger partial charge in [0, 0.05) is 0 Å². The van der Waals surface area contributed by atoms with Crippen LogP contribution in [0, 0.1) is 6.08 Å². The van der Waals surface area contributed by atoms with Crippen LogP contribution in [0.3, 0.4) is 0 Å². The minimum atomic E-state index is 0. The Morgan fingerprint density at radius 3 is 1.75 bits per heavy atom. The molecule has 0 aromatic rings. The van der Waals surface area contributed by atoms with Crippen molar-refractivity contribution in [1.82, 2.24) is 0 Å². The smallest absolute Gasteiger partial charge is 0.507 e. The van der Waals surface area contributed by atoms with E-state index in [0.717, 1.165) is 0 Å². The minimum Gasteiger partial charge on any atom is -0.507 e. The predicted molar refractivity (Wildman–Crippen MR) is 14.5 cm³/mol. The third kappa shape index (κ3) is 9.62. The summed E-state index contributed by atoms with van der Waals surface area (Å²) in [4.78, 5) is 0. The second-order valence-electron chi connectivity index (χ2n) is 0.354. The SMILES string of the molecule is C=[C-]C.[Rb+]. The van der Waals surface area contributed by atoms with Crippen molar-refractivity contribution in [3.63, 3.8) is 0 Å². The molecule has 0 aromatic carbocycles. The molecule has 0 aliphatic rings. The van der Waals surface area contributed by atoms with Gasteiger partial charge in [-0.1, -0.05) is 0 Å². The first-order valence-electron chi connectivity index (χ1n) is 0.854. The van der Waals surface area contributed by atoms with Crippen LogP contribution < -0.4 is 58.2 Å². The zero-order valence-corrected chi connectivity index (χ0v) is 8.12. The van der Waals surface area contributed by atoms with Crippen LogP contribution in [0.2, 0.25) is 0 Å². The van der Waals surface area contributed by atoms with E-state index >= 15 is 0 Å². The molecular formula is C3H5Rb. The Morgan fingerprint density at radius 1 is 1.75 bits per heavy atom. The summed E-state index contributed by atoms with van der Waals surface area (Å²) in [6.45, 7) is 5.00. The molecule has 0 bridgehead atoms. The van der Waals surface area contributed by atoms with Crippen molar-refractivity contribution >= 4 is 0 Å². The molecule has 0 heterocycles. The Hall–Kier alpha value is 1.55. The van der Waals surface area contributed by atoms with Gasteiger partial charge in [0.15, 0.2) is 0 Å². The zero-order chi connectivity index (χ0) is 2.71. The molecule has 0 aliphatic heterocycles. The zero-order valence-electron chi connectivity index (χ0n) is 3.21. The number of hydrogen-bond donors (Lipinski definition) is 0. The second-order valence-corrected chi connectivity index (χ2v) is 0.354. The number of rotatable bonds is 0. The molecule has 0 aliphatic carbocycles. The standard InChI is InChI=1S/C3H5.Rb/c1-3-2;/h1H2,2H3;/q-1;+1. The van der Waals surface area contributed by atoms with Gasteiger partial charge in [-0.15, -0.1) is 0 Å². The summed E-state index contributed by atoms with van der Waals surface area (Å²) in [6.07, 6.45) is 2.50. The number of allylic oxidation sites excluding steroid dienone is 1. The summed E-state index contributed by atoms with van der Waals surface area (Å²) in [5, 5.41) is 0. The van der Waals surface area contributed by atoms with E-state index in [9.17, 15) is 0 Å². The van der Waals surface area contributed by atoms with Crippen LogP contribution >= 0.6 is 0 Å². The van der Waals surface area contributed by atoms with Gasteiger partial charge in [0.2, 0.25) is 0 Å². The van der Waals surface area contributed by atoms with E-state index in [4.69, 9.17) is 0 Å². The molecule has 0 atom stereocenters. The van der Waals surface area contributed by atoms with E-state index < -0.39 is 0 Å². The summed E-state index contributed by atoms with van der Waals surface area (Å²) in [6, 6.07) is 0. The maximum atomic E-state index is 3.24. The minimum absolute atomic E-state index is 0. The number of hydrogen-bond acceptors (Lipinski definition) is 0. The van der Waals surface area contributed by atoms with Crippen LogP contribution in [0.15, 0.2) is 6.58 Å². The van der Waals surface area contributed by atoms with Crippen molar-refractivity contribution in [3.05, 3.63) is 12.7 Å². The largest absolute Gasteiger partial charge is 1.00 e. The maximum absolute atomic E-state index is 3.24. The summed E-state index contributed by atoms with van der Waals surface area (Å²) in [5.74, 6) is 0. The monoisotopic (exact) mass is 126 g/mol. The normalized spacial score (nSPS) is 3.25. The molecule has 0 amide bonds. The third-order valence-electron chi connectivity index (χ3n) is 0. The van der Waals surface area contributed by atoms with Crippen LogP contribution in [0.1, 0.15) is 6.92 Å². The Balaban J connectivity index is 0. The molecule has 0 radical (unpaired) electrons. The van der Waals surface area contributed by atoms with Gasteiger partial charge in [-0.3, -0.25) is 6.58 Å². The molecule has 1 heteroatoms. The quantitative estimate of drug-likeness (QED) is 0.330. The molecule has 0 saturated heterocycles. The van der Waals surface area contributed by atoms with Crippen LogP contribution in [-0.2, 0) is 0 Å². The Kier molecular flexibility index (Phi) is 20.1. The van der Waals surface area contributed by atoms with Gasteiger partial charge >= 0.3 is 58.2 Å². The molecule has 18 valence electrons. The van der Waals surface area contributed by atoms with Gasteiger partial charge in [0.1, 0.15) is 0 Å². The van der Waals surface area contributed by atoms with Crippen molar-refractivity contribution in [3.8, 4) is 0 Å². The van der Waals surface area contributed by atoms with Crippen molar-refractivity contribution in [1.29, 1.82) is 0 Å². The fraction of sp³-hybridized carbons (Fsp3) is 0.333. The van der Waals surface area contributed by atoms with E-state index in [1.54, 1.807) is 6.92 Å². The molecule has 0 aromatic heterocycles. The van der Waals surface area contributed by atoms with E-state index in [2.05, 4.69) is 12.7 Å². The summed E-state index contributed by atoms with van der Waals surface area (Å²) >= 11 is 0. The molecule has 0 nitrogen and oxygen atoms in total. The van der Waals surface area contributed by atoms with Gasteiger partial charge in [-0.2, -0.15) is 6.92 Å². The van der Waals surface area contributed by atoms with Gasteiger partial charge in [-0.05, 0) is 0 Å². The molecule has 4 heavy (non-hydrogen) atoms. The average Bonchev–Trinajstić information content (AvgIpc) is 0.918. The molecule has 0 unspecified atom stereocenters. The van der Waals surface area contributed by atoms with Gasteiger partial charge in [0.25, 0.3) is 0 Å². The molecular weight excluding hydrogens is 122 g/mol. The van der Waals surface area contributed by atoms with E-state index in [0.29, 0.717) is 0 Å². The van der Waals surface area contributed by atoms with Crippen LogP contribution in [-0.4, -0.2) is 0 Å². The van der Waals surface area contributed by atoms with Crippen LogP contribution in [0.5, 0.6) is 0 Å². The Bertz CT molecular complexity index is 10.8. The van der Waals surface area contributed by atoms with Gasteiger partial charge in [-0.25, -0.2) is 0 Å². The summed E-state index contributed by atoms with van der Waals surface area (Å²) < 4.78 is 0. The van der Waals surface area contributed by atoms with Gasteiger partial charge < -0.3 is 6.08 Å².